The molecule has 0 spiro atoms. The predicted octanol–water partition coefficient (Wildman–Crippen LogP) is 2.52. The number of hydrogen-bond donors (Lipinski definition) is 2. The molecule has 2 fully saturated rings. The van der Waals surface area contributed by atoms with Gasteiger partial charge in [-0.3, -0.25) is 15.6 Å². The summed E-state index contributed by atoms with van der Waals surface area (Å²) in [4.78, 5) is 7.25. The van der Waals surface area contributed by atoms with Crippen molar-refractivity contribution in [2.45, 2.75) is 43.7 Å². The van der Waals surface area contributed by atoms with Crippen molar-refractivity contribution < 1.29 is 9.94 Å². The van der Waals surface area contributed by atoms with Crippen molar-refractivity contribution in [3.8, 4) is 5.75 Å². The molecule has 1 saturated carbocycles. The van der Waals surface area contributed by atoms with E-state index < -0.39 is 0 Å². The van der Waals surface area contributed by atoms with Crippen LogP contribution in [0.4, 0.5) is 0 Å². The Bertz CT molecular complexity index is 645. The van der Waals surface area contributed by atoms with Crippen molar-refractivity contribution in [2.75, 3.05) is 20.7 Å². The fourth-order valence-corrected chi connectivity index (χ4v) is 5.04. The lowest BCUT2D eigenvalue weighted by molar-refractivity contribution is 0.0197. The van der Waals surface area contributed by atoms with E-state index in [4.69, 9.17) is 9.73 Å². The van der Waals surface area contributed by atoms with Crippen LogP contribution in [0.3, 0.4) is 0 Å². The van der Waals surface area contributed by atoms with Gasteiger partial charge in [-0.15, -0.1) is 0 Å². The van der Waals surface area contributed by atoms with Gasteiger partial charge >= 0.3 is 0 Å². The minimum Gasteiger partial charge on any atom is -0.497 e. The second-order valence-corrected chi connectivity index (χ2v) is 7.15. The second-order valence-electron chi connectivity index (χ2n) is 7.15. The van der Waals surface area contributed by atoms with E-state index in [1.54, 1.807) is 7.11 Å². The largest absolute Gasteiger partial charge is 0.497 e. The lowest BCUT2D eigenvalue weighted by atomic mass is 9.57. The fourth-order valence-electron chi connectivity index (χ4n) is 5.04. The van der Waals surface area contributed by atoms with Crippen LogP contribution in [0.2, 0.25) is 0 Å². The molecule has 1 aromatic rings. The minimum absolute atomic E-state index is 0.136. The Labute approximate surface area is 137 Å². The maximum absolute atomic E-state index is 9.70. The standard InChI is InChI=1S/C18H25N3O2/c1-21-10-9-18-8-4-3-5-14(18)17(21)19-16(20-22)13-7-6-12(23-2)11-15(13)18/h6-7,11,14,17,22H,3-5,8-10H2,1-2H3,(H,19,20)/t14-,17-,18+/m1/s1. The molecule has 0 amide bonds. The zero-order valence-corrected chi connectivity index (χ0v) is 13.9. The van der Waals surface area contributed by atoms with Gasteiger partial charge in [-0.25, -0.2) is 4.99 Å². The van der Waals surface area contributed by atoms with Crippen LogP contribution in [0, 0.1) is 5.92 Å². The van der Waals surface area contributed by atoms with E-state index in [2.05, 4.69) is 23.5 Å². The number of ether oxygens (including phenoxy) is 1. The van der Waals surface area contributed by atoms with Gasteiger partial charge in [0, 0.05) is 23.4 Å². The number of methoxy groups -OCH3 is 1. The molecule has 2 bridgehead atoms. The molecule has 1 aromatic carbocycles. The predicted molar refractivity (Wildman–Crippen MR) is 89.1 cm³/mol. The summed E-state index contributed by atoms with van der Waals surface area (Å²) in [6.07, 6.45) is 6.24. The van der Waals surface area contributed by atoms with Crippen LogP contribution in [0.5, 0.6) is 5.75 Å². The molecule has 5 heteroatoms. The zero-order valence-electron chi connectivity index (χ0n) is 13.9. The van der Waals surface area contributed by atoms with Crippen LogP contribution >= 0.6 is 0 Å². The second kappa shape index (κ2) is 5.49. The van der Waals surface area contributed by atoms with Gasteiger partial charge in [-0.1, -0.05) is 12.8 Å². The number of hydrogen-bond acceptors (Lipinski definition) is 5. The average Bonchev–Trinajstić information content (AvgIpc) is 2.69. The molecule has 1 aliphatic carbocycles. The highest BCUT2D eigenvalue weighted by atomic mass is 16.5. The topological polar surface area (TPSA) is 57.1 Å². The molecule has 0 radical (unpaired) electrons. The summed E-state index contributed by atoms with van der Waals surface area (Å²) >= 11 is 0. The molecule has 3 atom stereocenters. The van der Waals surface area contributed by atoms with Gasteiger partial charge in [0.15, 0.2) is 5.84 Å². The maximum Gasteiger partial charge on any atom is 0.154 e. The number of piperidine rings is 1. The van der Waals surface area contributed by atoms with E-state index in [1.165, 1.54) is 31.2 Å². The summed E-state index contributed by atoms with van der Waals surface area (Å²) in [7, 11) is 3.86. The summed E-state index contributed by atoms with van der Waals surface area (Å²) in [5, 5.41) is 9.70. The first-order valence-electron chi connectivity index (χ1n) is 8.56. The number of amidine groups is 1. The van der Waals surface area contributed by atoms with Crippen LogP contribution in [0.15, 0.2) is 23.2 Å². The third kappa shape index (κ3) is 2.10. The lowest BCUT2D eigenvalue weighted by Gasteiger charge is -2.52. The van der Waals surface area contributed by atoms with Crippen molar-refractivity contribution >= 4 is 5.84 Å². The Hall–Kier alpha value is -1.59. The van der Waals surface area contributed by atoms with Crippen molar-refractivity contribution in [1.29, 1.82) is 0 Å². The molecule has 1 saturated heterocycles. The molecule has 4 rings (SSSR count). The normalized spacial score (nSPS) is 33.1. The summed E-state index contributed by atoms with van der Waals surface area (Å²) in [6, 6.07) is 6.17. The van der Waals surface area contributed by atoms with Crippen LogP contribution in [0.25, 0.3) is 0 Å². The first-order valence-corrected chi connectivity index (χ1v) is 8.56. The van der Waals surface area contributed by atoms with Crippen molar-refractivity contribution in [1.82, 2.24) is 10.4 Å². The highest BCUT2D eigenvalue weighted by Crippen LogP contribution is 2.54. The Morgan fingerprint density at radius 3 is 3.00 bits per heavy atom. The van der Waals surface area contributed by atoms with E-state index in [0.717, 1.165) is 24.3 Å². The zero-order chi connectivity index (χ0) is 16.0. The summed E-state index contributed by atoms with van der Waals surface area (Å²) < 4.78 is 5.49. The van der Waals surface area contributed by atoms with Gasteiger partial charge < -0.3 is 4.74 Å². The molecule has 5 nitrogen and oxygen atoms in total. The smallest absolute Gasteiger partial charge is 0.154 e. The van der Waals surface area contributed by atoms with Crippen molar-refractivity contribution in [3.63, 3.8) is 0 Å². The number of hydroxylamine groups is 1. The molecule has 2 aliphatic heterocycles. The van der Waals surface area contributed by atoms with E-state index in [1.807, 2.05) is 12.1 Å². The Morgan fingerprint density at radius 2 is 2.22 bits per heavy atom. The maximum atomic E-state index is 9.70. The molecule has 2 heterocycles. The number of likely N-dealkylation sites (tertiary alicyclic amines) is 1. The number of rotatable bonds is 1. The van der Waals surface area contributed by atoms with Crippen molar-refractivity contribution in [2.24, 2.45) is 10.9 Å². The van der Waals surface area contributed by atoms with E-state index in [9.17, 15) is 5.21 Å². The van der Waals surface area contributed by atoms with Crippen LogP contribution in [-0.4, -0.2) is 42.8 Å². The van der Waals surface area contributed by atoms with Gasteiger partial charge in [-0.2, -0.15) is 0 Å². The molecule has 2 N–H and O–H groups in total. The number of nitrogens with zero attached hydrogens (tertiary/aromatic N) is 2. The summed E-state index contributed by atoms with van der Waals surface area (Å²) in [5.41, 5.74) is 4.84. The lowest BCUT2D eigenvalue weighted by Crippen LogP contribution is -2.55. The van der Waals surface area contributed by atoms with Crippen LogP contribution in [-0.2, 0) is 5.41 Å². The third-order valence-electron chi connectivity index (χ3n) is 6.21. The monoisotopic (exact) mass is 315 g/mol. The number of aliphatic imine (C=N–C) groups is 1. The number of fused-ring (bicyclic) bond motifs is 1. The Balaban J connectivity index is 1.96. The van der Waals surface area contributed by atoms with E-state index >= 15 is 0 Å². The van der Waals surface area contributed by atoms with E-state index in [0.29, 0.717) is 11.8 Å². The first-order chi connectivity index (χ1) is 11.2. The number of nitrogens with one attached hydrogen (secondary N) is 1. The average molecular weight is 315 g/mol. The third-order valence-corrected chi connectivity index (χ3v) is 6.21. The Kier molecular flexibility index (Phi) is 3.58. The molecule has 0 aromatic heterocycles. The van der Waals surface area contributed by atoms with Crippen LogP contribution in [0.1, 0.15) is 43.2 Å². The molecule has 124 valence electrons. The first kappa shape index (κ1) is 15.0. The molecule has 23 heavy (non-hydrogen) atoms. The van der Waals surface area contributed by atoms with Crippen molar-refractivity contribution in [3.05, 3.63) is 29.3 Å². The molecular formula is C18H25N3O2. The number of benzene rings is 1. The summed E-state index contributed by atoms with van der Waals surface area (Å²) in [5.74, 6) is 1.99. The van der Waals surface area contributed by atoms with Gasteiger partial charge in [0.2, 0.25) is 0 Å². The van der Waals surface area contributed by atoms with Gasteiger partial charge in [-0.05, 0) is 50.1 Å². The summed E-state index contributed by atoms with van der Waals surface area (Å²) in [6.45, 7) is 1.04. The van der Waals surface area contributed by atoms with Gasteiger partial charge in [0.05, 0.1) is 7.11 Å². The molecule has 0 unspecified atom stereocenters. The van der Waals surface area contributed by atoms with Gasteiger partial charge in [0.25, 0.3) is 0 Å². The fraction of sp³-hybridized carbons (Fsp3) is 0.611. The van der Waals surface area contributed by atoms with Gasteiger partial charge in [0.1, 0.15) is 11.9 Å². The highest BCUT2D eigenvalue weighted by molar-refractivity contribution is 6.00. The quantitative estimate of drug-likeness (QED) is 0.782. The minimum atomic E-state index is 0.136. The highest BCUT2D eigenvalue weighted by Gasteiger charge is 2.52. The Morgan fingerprint density at radius 1 is 1.35 bits per heavy atom. The molecular weight excluding hydrogens is 290 g/mol. The molecule has 3 aliphatic rings. The van der Waals surface area contributed by atoms with Crippen LogP contribution < -0.4 is 10.2 Å². The van der Waals surface area contributed by atoms with E-state index in [-0.39, 0.29) is 11.6 Å². The SMILES string of the molecule is COc1ccc2c(c1)[C@]13CCCC[C@@H]1[C@H](N=C2NO)N(C)CC3.